The lowest BCUT2D eigenvalue weighted by atomic mass is 9.57. The van der Waals surface area contributed by atoms with Crippen molar-refractivity contribution in [3.05, 3.63) is 18.2 Å². The molecule has 1 aliphatic heterocycles. The Labute approximate surface area is 152 Å². The molecule has 3 rings (SSSR count). The third-order valence-corrected chi connectivity index (χ3v) is 6.47. The number of methoxy groups -OCH3 is 2. The fraction of sp³-hybridized carbons (Fsp3) is 0.526. The zero-order valence-electron chi connectivity index (χ0n) is 15.6. The molecular weight excluding hydrogens is 338 g/mol. The van der Waals surface area contributed by atoms with E-state index in [1.54, 1.807) is 39.0 Å². The molecule has 1 heterocycles. The van der Waals surface area contributed by atoms with Crippen LogP contribution < -0.4 is 14.8 Å². The van der Waals surface area contributed by atoms with Gasteiger partial charge in [0.2, 0.25) is 5.91 Å². The number of hydrogen-bond acceptors (Lipinski definition) is 6. The number of esters is 2. The fourth-order valence-corrected chi connectivity index (χ4v) is 4.16. The third-order valence-electron chi connectivity index (χ3n) is 6.47. The lowest BCUT2D eigenvalue weighted by molar-refractivity contribution is -0.195. The van der Waals surface area contributed by atoms with Crippen molar-refractivity contribution in [2.75, 3.05) is 19.5 Å². The summed E-state index contributed by atoms with van der Waals surface area (Å²) in [5, 5.41) is 2.79. The number of rotatable bonds is 4. The zero-order chi connectivity index (χ0) is 19.3. The summed E-state index contributed by atoms with van der Waals surface area (Å²) >= 11 is 0. The van der Waals surface area contributed by atoms with E-state index in [0.717, 1.165) is 0 Å². The van der Waals surface area contributed by atoms with Crippen LogP contribution in [0.1, 0.15) is 33.6 Å². The summed E-state index contributed by atoms with van der Waals surface area (Å²) in [5.41, 5.74) is -2.83. The second-order valence-corrected chi connectivity index (χ2v) is 7.56. The molecule has 1 aromatic carbocycles. The number of fused-ring (bicyclic) bond motifs is 2. The molecule has 1 aromatic rings. The van der Waals surface area contributed by atoms with E-state index in [2.05, 4.69) is 5.32 Å². The van der Waals surface area contributed by atoms with Crippen molar-refractivity contribution in [3.63, 3.8) is 0 Å². The van der Waals surface area contributed by atoms with Gasteiger partial charge in [0, 0.05) is 11.5 Å². The maximum Gasteiger partial charge on any atom is 0.329 e. The number of carbonyl (C=O) groups is 3. The van der Waals surface area contributed by atoms with Crippen LogP contribution in [0.5, 0.6) is 11.5 Å². The molecule has 7 nitrogen and oxygen atoms in total. The second-order valence-electron chi connectivity index (χ2n) is 7.56. The summed E-state index contributed by atoms with van der Waals surface area (Å²) in [6, 6.07) is 4.99. The largest absolute Gasteiger partial charge is 0.497 e. The number of carbonyl (C=O) groups excluding carboxylic acids is 3. The van der Waals surface area contributed by atoms with Crippen LogP contribution in [0.2, 0.25) is 0 Å². The highest BCUT2D eigenvalue weighted by Gasteiger charge is 2.75. The van der Waals surface area contributed by atoms with Crippen LogP contribution in [0.15, 0.2) is 18.2 Å². The predicted molar refractivity (Wildman–Crippen MR) is 92.8 cm³/mol. The first kappa shape index (κ1) is 18.2. The Morgan fingerprint density at radius 1 is 1.08 bits per heavy atom. The van der Waals surface area contributed by atoms with Gasteiger partial charge in [-0.1, -0.05) is 13.8 Å². The summed E-state index contributed by atoms with van der Waals surface area (Å²) in [5.74, 6) is -0.880. The molecule has 1 saturated carbocycles. The molecule has 2 bridgehead atoms. The Bertz CT molecular complexity index is 801. The van der Waals surface area contributed by atoms with Crippen molar-refractivity contribution in [3.8, 4) is 11.5 Å². The average Bonchev–Trinajstić information content (AvgIpc) is 2.75. The summed E-state index contributed by atoms with van der Waals surface area (Å²) in [6.45, 7) is 5.31. The topological polar surface area (TPSA) is 90.9 Å². The molecule has 1 N–H and O–H groups in total. The van der Waals surface area contributed by atoms with E-state index in [1.807, 2.05) is 0 Å². The van der Waals surface area contributed by atoms with Gasteiger partial charge in [-0.2, -0.15) is 0 Å². The smallest absolute Gasteiger partial charge is 0.329 e. The van der Waals surface area contributed by atoms with Gasteiger partial charge in [-0.05, 0) is 31.9 Å². The molecule has 2 unspecified atom stereocenters. The Hall–Kier alpha value is -2.57. The second kappa shape index (κ2) is 5.72. The van der Waals surface area contributed by atoms with Crippen LogP contribution in [-0.4, -0.2) is 32.1 Å². The number of hydrogen-bond donors (Lipinski definition) is 1. The third kappa shape index (κ3) is 2.09. The van der Waals surface area contributed by atoms with Gasteiger partial charge in [0.15, 0.2) is 5.41 Å². The number of nitrogens with one attached hydrogen (secondary N) is 1. The first-order valence-corrected chi connectivity index (χ1v) is 8.44. The Morgan fingerprint density at radius 3 is 2.38 bits per heavy atom. The van der Waals surface area contributed by atoms with Crippen LogP contribution in [0.25, 0.3) is 0 Å². The van der Waals surface area contributed by atoms with Crippen molar-refractivity contribution < 1.29 is 28.6 Å². The number of amides is 1. The minimum Gasteiger partial charge on any atom is -0.497 e. The van der Waals surface area contributed by atoms with Crippen LogP contribution in [-0.2, 0) is 19.1 Å². The molecule has 0 spiro atoms. The van der Waals surface area contributed by atoms with Gasteiger partial charge in [-0.3, -0.25) is 14.4 Å². The van der Waals surface area contributed by atoms with E-state index in [9.17, 15) is 14.4 Å². The summed E-state index contributed by atoms with van der Waals surface area (Å²) in [6.07, 6.45) is 0.659. The van der Waals surface area contributed by atoms with Crippen molar-refractivity contribution in [1.82, 2.24) is 0 Å². The fourth-order valence-electron chi connectivity index (χ4n) is 4.16. The summed E-state index contributed by atoms with van der Waals surface area (Å²) < 4.78 is 15.5. The normalized spacial score (nSPS) is 29.1. The molecule has 26 heavy (non-hydrogen) atoms. The average molecular weight is 361 g/mol. The van der Waals surface area contributed by atoms with E-state index < -0.39 is 34.1 Å². The molecule has 2 aliphatic rings. The van der Waals surface area contributed by atoms with Crippen molar-refractivity contribution in [2.24, 2.45) is 16.2 Å². The van der Waals surface area contributed by atoms with E-state index >= 15 is 0 Å². The maximum absolute atomic E-state index is 13.3. The van der Waals surface area contributed by atoms with Crippen LogP contribution in [0.3, 0.4) is 0 Å². The van der Waals surface area contributed by atoms with Gasteiger partial charge in [-0.25, -0.2) is 0 Å². The number of benzene rings is 1. The van der Waals surface area contributed by atoms with Crippen LogP contribution in [0, 0.1) is 16.2 Å². The van der Waals surface area contributed by atoms with Crippen LogP contribution in [0.4, 0.5) is 5.69 Å². The van der Waals surface area contributed by atoms with E-state index in [0.29, 0.717) is 23.6 Å². The molecular formula is C19H23NO6. The van der Waals surface area contributed by atoms with Gasteiger partial charge in [-0.15, -0.1) is 0 Å². The molecule has 0 radical (unpaired) electrons. The Morgan fingerprint density at radius 2 is 1.77 bits per heavy atom. The van der Waals surface area contributed by atoms with Gasteiger partial charge < -0.3 is 19.5 Å². The lowest BCUT2D eigenvalue weighted by Crippen LogP contribution is -2.61. The molecule has 2 fully saturated rings. The minimum atomic E-state index is -1.44. The van der Waals surface area contributed by atoms with Crippen molar-refractivity contribution in [2.45, 2.75) is 33.6 Å². The monoisotopic (exact) mass is 361 g/mol. The molecule has 140 valence electrons. The molecule has 1 aliphatic carbocycles. The minimum absolute atomic E-state index is 0.249. The molecule has 2 atom stereocenters. The molecule has 1 amide bonds. The maximum atomic E-state index is 13.3. The lowest BCUT2D eigenvalue weighted by Gasteiger charge is -2.48. The van der Waals surface area contributed by atoms with Gasteiger partial charge in [0.05, 0.1) is 25.3 Å². The van der Waals surface area contributed by atoms with E-state index in [4.69, 9.17) is 14.2 Å². The number of cyclic esters (lactones) is 2. The van der Waals surface area contributed by atoms with Gasteiger partial charge in [0.1, 0.15) is 11.5 Å². The summed E-state index contributed by atoms with van der Waals surface area (Å²) in [4.78, 5) is 38.3. The van der Waals surface area contributed by atoms with E-state index in [1.165, 1.54) is 14.2 Å². The van der Waals surface area contributed by atoms with Crippen molar-refractivity contribution in [1.29, 1.82) is 0 Å². The predicted octanol–water partition coefficient (Wildman–Crippen LogP) is 2.54. The van der Waals surface area contributed by atoms with Gasteiger partial charge >= 0.3 is 11.9 Å². The standard InChI is InChI=1S/C19H23NO6/c1-17(2)18(3)8-9-19(17,16(23)26-15(18)22)14(21)20-12-10-11(24-4)6-7-13(12)25-5/h6-7,10H,8-9H2,1-5H3,(H,20,21). The highest BCUT2D eigenvalue weighted by molar-refractivity contribution is 6.15. The Kier molecular flexibility index (Phi) is 4.01. The first-order chi connectivity index (χ1) is 12.1. The molecule has 0 aromatic heterocycles. The number of ether oxygens (including phenoxy) is 3. The highest BCUT2D eigenvalue weighted by Crippen LogP contribution is 2.66. The molecule has 1 saturated heterocycles. The SMILES string of the molecule is COc1ccc(OC)c(NC(=O)C23CCC(C)(C(=O)OC2=O)C3(C)C)c1. The first-order valence-electron chi connectivity index (χ1n) is 8.44. The molecule has 7 heteroatoms. The van der Waals surface area contributed by atoms with E-state index in [-0.39, 0.29) is 6.42 Å². The van der Waals surface area contributed by atoms with Crippen LogP contribution >= 0.6 is 0 Å². The summed E-state index contributed by atoms with van der Waals surface area (Å²) in [7, 11) is 3.00. The highest BCUT2D eigenvalue weighted by atomic mass is 16.6. The van der Waals surface area contributed by atoms with Gasteiger partial charge in [0.25, 0.3) is 0 Å². The zero-order valence-corrected chi connectivity index (χ0v) is 15.6. The number of anilines is 1. The Balaban J connectivity index is 2.03. The quantitative estimate of drug-likeness (QED) is 0.655. The van der Waals surface area contributed by atoms with Crippen molar-refractivity contribution >= 4 is 23.5 Å².